The van der Waals surface area contributed by atoms with Crippen molar-refractivity contribution in [3.05, 3.63) is 23.0 Å². The number of benzene rings is 1. The lowest BCUT2D eigenvalue weighted by molar-refractivity contribution is 0.381. The van der Waals surface area contributed by atoms with Crippen LogP contribution in [0.5, 0.6) is 0 Å². The number of nitrogen functional groups attached to an aromatic ring is 1. The average Bonchev–Trinajstić information content (AvgIpc) is 2.66. The van der Waals surface area contributed by atoms with Crippen LogP contribution in [0.4, 0.5) is 10.3 Å². The van der Waals surface area contributed by atoms with E-state index in [4.69, 9.17) is 17.3 Å². The van der Waals surface area contributed by atoms with Crippen molar-refractivity contribution in [2.75, 3.05) is 5.73 Å². The van der Waals surface area contributed by atoms with Gasteiger partial charge in [0.2, 0.25) is 5.95 Å². The lowest BCUT2D eigenvalue weighted by atomic mass is 9.96. The second kappa shape index (κ2) is 5.60. The second-order valence-corrected chi connectivity index (χ2v) is 6.00. The largest absolute Gasteiger partial charge is 0.369 e. The Bertz CT molecular complexity index is 615. The Balaban J connectivity index is 2.04. The minimum atomic E-state index is -0.411. The van der Waals surface area contributed by atoms with Crippen molar-refractivity contribution in [1.82, 2.24) is 9.55 Å². The molecule has 0 amide bonds. The van der Waals surface area contributed by atoms with Gasteiger partial charge in [0.05, 0.1) is 16.1 Å². The number of fused-ring (bicyclic) bond motifs is 1. The van der Waals surface area contributed by atoms with Crippen molar-refractivity contribution < 1.29 is 4.39 Å². The molecule has 1 aromatic heterocycles. The third kappa shape index (κ3) is 2.49. The molecule has 1 aliphatic carbocycles. The summed E-state index contributed by atoms with van der Waals surface area (Å²) < 4.78 is 15.7. The monoisotopic (exact) mass is 295 g/mol. The van der Waals surface area contributed by atoms with Crippen LogP contribution in [0, 0.1) is 5.82 Å². The Morgan fingerprint density at radius 3 is 2.50 bits per heavy atom. The van der Waals surface area contributed by atoms with E-state index in [9.17, 15) is 4.39 Å². The molecule has 2 N–H and O–H groups in total. The van der Waals surface area contributed by atoms with Crippen molar-refractivity contribution in [2.45, 2.75) is 51.0 Å². The van der Waals surface area contributed by atoms with Gasteiger partial charge in [-0.1, -0.05) is 43.7 Å². The topological polar surface area (TPSA) is 43.8 Å². The van der Waals surface area contributed by atoms with Crippen LogP contribution in [0.1, 0.15) is 51.0 Å². The molecule has 1 saturated carbocycles. The first-order valence-electron chi connectivity index (χ1n) is 7.29. The van der Waals surface area contributed by atoms with Crippen LogP contribution < -0.4 is 5.73 Å². The number of hydrogen-bond acceptors (Lipinski definition) is 2. The van der Waals surface area contributed by atoms with Gasteiger partial charge < -0.3 is 10.3 Å². The highest BCUT2D eigenvalue weighted by Crippen LogP contribution is 2.33. The van der Waals surface area contributed by atoms with Gasteiger partial charge in [0.15, 0.2) is 0 Å². The van der Waals surface area contributed by atoms with Gasteiger partial charge in [-0.25, -0.2) is 9.37 Å². The molecule has 3 rings (SSSR count). The maximum Gasteiger partial charge on any atom is 0.201 e. The molecule has 20 heavy (non-hydrogen) atoms. The number of anilines is 1. The van der Waals surface area contributed by atoms with Gasteiger partial charge in [0.25, 0.3) is 0 Å². The molecule has 3 nitrogen and oxygen atoms in total. The number of hydrogen-bond donors (Lipinski definition) is 1. The molecule has 0 saturated heterocycles. The molecule has 1 aromatic carbocycles. The fraction of sp³-hybridized carbons (Fsp3) is 0.533. The summed E-state index contributed by atoms with van der Waals surface area (Å²) in [7, 11) is 0. The zero-order valence-corrected chi connectivity index (χ0v) is 12.2. The van der Waals surface area contributed by atoms with Crippen LogP contribution in [-0.4, -0.2) is 9.55 Å². The molecule has 1 heterocycles. The summed E-state index contributed by atoms with van der Waals surface area (Å²) in [5.41, 5.74) is 7.50. The molecule has 5 heteroatoms. The van der Waals surface area contributed by atoms with Gasteiger partial charge in [-0.3, -0.25) is 0 Å². The zero-order chi connectivity index (χ0) is 14.1. The van der Waals surface area contributed by atoms with E-state index >= 15 is 0 Å². The SMILES string of the molecule is Nc1nc2cc(Cl)c(F)cc2n1C1CCCCCCC1. The first-order chi connectivity index (χ1) is 9.66. The average molecular weight is 296 g/mol. The molecular weight excluding hydrogens is 277 g/mol. The van der Waals surface area contributed by atoms with Crippen molar-refractivity contribution in [1.29, 1.82) is 0 Å². The standard InChI is InChI=1S/C15H19ClFN3/c16-11-8-13-14(9-12(11)17)20(15(18)19-13)10-6-4-2-1-3-5-7-10/h8-10H,1-7H2,(H2,18,19). The molecule has 0 unspecified atom stereocenters. The maximum atomic E-state index is 13.7. The van der Waals surface area contributed by atoms with E-state index in [1.54, 1.807) is 6.07 Å². The van der Waals surface area contributed by atoms with E-state index in [1.807, 2.05) is 4.57 Å². The van der Waals surface area contributed by atoms with Crippen LogP contribution >= 0.6 is 11.6 Å². The van der Waals surface area contributed by atoms with Crippen molar-refractivity contribution in [3.63, 3.8) is 0 Å². The van der Waals surface area contributed by atoms with Crippen LogP contribution in [0.25, 0.3) is 11.0 Å². The lowest BCUT2D eigenvalue weighted by Gasteiger charge is -2.22. The minimum absolute atomic E-state index is 0.0971. The summed E-state index contributed by atoms with van der Waals surface area (Å²) in [6.45, 7) is 0. The molecule has 0 radical (unpaired) electrons. The molecule has 0 spiro atoms. The van der Waals surface area contributed by atoms with Crippen molar-refractivity contribution in [2.24, 2.45) is 0 Å². The van der Waals surface area contributed by atoms with E-state index in [0.717, 1.165) is 18.4 Å². The molecule has 0 aliphatic heterocycles. The highest BCUT2D eigenvalue weighted by Gasteiger charge is 2.20. The smallest absolute Gasteiger partial charge is 0.201 e. The normalized spacial score (nSPS) is 18.1. The van der Waals surface area contributed by atoms with Crippen molar-refractivity contribution in [3.8, 4) is 0 Å². The molecule has 1 fully saturated rings. The quantitative estimate of drug-likeness (QED) is 0.829. The molecule has 0 bridgehead atoms. The third-order valence-electron chi connectivity index (χ3n) is 4.20. The molecular formula is C15H19ClFN3. The summed E-state index contributed by atoms with van der Waals surface area (Å²) in [6.07, 6.45) is 8.41. The third-order valence-corrected chi connectivity index (χ3v) is 4.49. The second-order valence-electron chi connectivity index (χ2n) is 5.59. The Kier molecular flexibility index (Phi) is 3.83. The van der Waals surface area contributed by atoms with Crippen LogP contribution in [0.15, 0.2) is 12.1 Å². The van der Waals surface area contributed by atoms with Crippen LogP contribution in [0.2, 0.25) is 5.02 Å². The van der Waals surface area contributed by atoms with Gasteiger partial charge in [0.1, 0.15) is 5.82 Å². The van der Waals surface area contributed by atoms with E-state index < -0.39 is 5.82 Å². The highest BCUT2D eigenvalue weighted by molar-refractivity contribution is 6.31. The van der Waals surface area contributed by atoms with Crippen LogP contribution in [0.3, 0.4) is 0 Å². The summed E-state index contributed by atoms with van der Waals surface area (Å²) in [4.78, 5) is 4.33. The number of nitrogens with zero attached hydrogens (tertiary/aromatic N) is 2. The molecule has 1 aliphatic rings. The Morgan fingerprint density at radius 2 is 1.80 bits per heavy atom. The predicted molar refractivity (Wildman–Crippen MR) is 80.5 cm³/mol. The Morgan fingerprint density at radius 1 is 1.15 bits per heavy atom. The predicted octanol–water partition coefficient (Wildman–Crippen LogP) is 4.70. The number of halogens is 2. The summed E-state index contributed by atoms with van der Waals surface area (Å²) in [5, 5.41) is 0.0971. The van der Waals surface area contributed by atoms with Crippen LogP contribution in [-0.2, 0) is 0 Å². The summed E-state index contributed by atoms with van der Waals surface area (Å²) in [6, 6.07) is 3.34. The van der Waals surface area contributed by atoms with Crippen molar-refractivity contribution >= 4 is 28.6 Å². The van der Waals surface area contributed by atoms with Gasteiger partial charge in [-0.15, -0.1) is 0 Å². The fourth-order valence-corrected chi connectivity index (χ4v) is 3.34. The number of rotatable bonds is 1. The molecule has 0 atom stereocenters. The lowest BCUT2D eigenvalue weighted by Crippen LogP contribution is -2.13. The highest BCUT2D eigenvalue weighted by atomic mass is 35.5. The first kappa shape index (κ1) is 13.7. The van der Waals surface area contributed by atoms with E-state index in [1.165, 1.54) is 38.2 Å². The van der Waals surface area contributed by atoms with E-state index in [2.05, 4.69) is 4.98 Å². The summed E-state index contributed by atoms with van der Waals surface area (Å²) >= 11 is 5.82. The van der Waals surface area contributed by atoms with Gasteiger partial charge in [0, 0.05) is 12.1 Å². The fourth-order valence-electron chi connectivity index (χ4n) is 3.19. The number of nitrogens with two attached hydrogens (primary N) is 1. The Labute approximate surface area is 122 Å². The van der Waals surface area contributed by atoms with E-state index in [0.29, 0.717) is 17.5 Å². The minimum Gasteiger partial charge on any atom is -0.369 e. The van der Waals surface area contributed by atoms with Gasteiger partial charge in [-0.2, -0.15) is 0 Å². The first-order valence-corrected chi connectivity index (χ1v) is 7.67. The van der Waals surface area contributed by atoms with Gasteiger partial charge in [-0.05, 0) is 18.9 Å². The van der Waals surface area contributed by atoms with Gasteiger partial charge >= 0.3 is 0 Å². The number of imidazole rings is 1. The zero-order valence-electron chi connectivity index (χ0n) is 11.4. The molecule has 2 aromatic rings. The molecule has 108 valence electrons. The Hall–Kier alpha value is -1.29. The maximum absolute atomic E-state index is 13.7. The summed E-state index contributed by atoms with van der Waals surface area (Å²) in [5.74, 6) is 0.0541. The number of aromatic nitrogens is 2. The van der Waals surface area contributed by atoms with E-state index in [-0.39, 0.29) is 5.02 Å².